The molecule has 1 atom stereocenters. The number of halogens is 2. The Kier molecular flexibility index (Phi) is 7.99. The number of esters is 1. The Labute approximate surface area is 238 Å². The smallest absolute Gasteiger partial charge is 0.349 e. The van der Waals surface area contributed by atoms with E-state index in [-0.39, 0.29) is 36.2 Å². The van der Waals surface area contributed by atoms with Gasteiger partial charge in [-0.2, -0.15) is 5.26 Å². The Hall–Kier alpha value is -4.81. The summed E-state index contributed by atoms with van der Waals surface area (Å²) in [6.07, 6.45) is 0. The summed E-state index contributed by atoms with van der Waals surface area (Å²) in [6, 6.07) is 27.5. The molecule has 0 aromatic heterocycles. The summed E-state index contributed by atoms with van der Waals surface area (Å²) >= 11 is 3.35. The first-order valence-electron chi connectivity index (χ1n) is 12.2. The quantitative estimate of drug-likeness (QED) is 0.185. The molecule has 0 amide bonds. The van der Waals surface area contributed by atoms with E-state index in [1.165, 1.54) is 12.1 Å². The van der Waals surface area contributed by atoms with Crippen LogP contribution in [0, 0.1) is 17.1 Å². The average Bonchev–Trinajstić information content (AvgIpc) is 2.96. The fraction of sp³-hybridized carbons (Fsp3) is 0.0968. The van der Waals surface area contributed by atoms with Crippen molar-refractivity contribution in [1.29, 1.82) is 5.26 Å². The monoisotopic (exact) mass is 600 g/mol. The average molecular weight is 601 g/mol. The van der Waals surface area contributed by atoms with Crippen LogP contribution in [0.1, 0.15) is 22.6 Å². The third-order valence-corrected chi connectivity index (χ3v) is 6.65. The minimum atomic E-state index is -0.590. The van der Waals surface area contributed by atoms with E-state index in [2.05, 4.69) is 22.0 Å². The highest BCUT2D eigenvalue weighted by Crippen LogP contribution is 2.43. The molecule has 40 heavy (non-hydrogen) atoms. The molecular formula is C31H22BrFN2O5. The van der Waals surface area contributed by atoms with Gasteiger partial charge < -0.3 is 24.7 Å². The first kappa shape index (κ1) is 26.8. The minimum Gasteiger partial charge on any atom is -0.489 e. The van der Waals surface area contributed by atoms with Crippen LogP contribution >= 0.6 is 15.9 Å². The molecular weight excluding hydrogens is 579 g/mol. The fourth-order valence-electron chi connectivity index (χ4n) is 4.18. The zero-order chi connectivity index (χ0) is 28.1. The predicted molar refractivity (Wildman–Crippen MR) is 148 cm³/mol. The second-order valence-electron chi connectivity index (χ2n) is 8.83. The Morgan fingerprint density at radius 3 is 2.27 bits per heavy atom. The van der Waals surface area contributed by atoms with Crippen molar-refractivity contribution in [2.45, 2.75) is 12.5 Å². The molecule has 0 aliphatic carbocycles. The zero-order valence-corrected chi connectivity index (χ0v) is 22.6. The second kappa shape index (κ2) is 11.9. The lowest BCUT2D eigenvalue weighted by atomic mass is 9.83. The van der Waals surface area contributed by atoms with Crippen molar-refractivity contribution in [2.24, 2.45) is 5.73 Å². The third kappa shape index (κ3) is 6.25. The van der Waals surface area contributed by atoms with Crippen molar-refractivity contribution < 1.29 is 28.1 Å². The van der Waals surface area contributed by atoms with Gasteiger partial charge in [-0.15, -0.1) is 0 Å². The summed E-state index contributed by atoms with van der Waals surface area (Å²) in [5.41, 5.74) is 8.70. The number of nitriles is 1. The third-order valence-electron chi connectivity index (χ3n) is 6.12. The van der Waals surface area contributed by atoms with E-state index in [4.69, 9.17) is 24.7 Å². The standard InChI is InChI=1S/C31H22BrFN2O5/c32-21-5-11-24(12-6-21)38-18-29(36)39-25-13-14-26-28(15-25)40-31(35)27(16-34)30(26)20-3-9-23(10-4-20)37-17-19-1-7-22(33)8-2-19/h1-15,30H,17-18,35H2. The Balaban J connectivity index is 1.29. The van der Waals surface area contributed by atoms with E-state index in [9.17, 15) is 14.4 Å². The molecule has 2 N–H and O–H groups in total. The highest BCUT2D eigenvalue weighted by molar-refractivity contribution is 9.10. The van der Waals surface area contributed by atoms with Gasteiger partial charge in [0.25, 0.3) is 0 Å². The van der Waals surface area contributed by atoms with Gasteiger partial charge in [0.2, 0.25) is 5.88 Å². The molecule has 1 aliphatic rings. The number of nitrogens with two attached hydrogens (primary N) is 1. The van der Waals surface area contributed by atoms with Crippen molar-refractivity contribution in [3.8, 4) is 29.1 Å². The molecule has 7 nitrogen and oxygen atoms in total. The summed E-state index contributed by atoms with van der Waals surface area (Å²) in [5.74, 6) is 0.351. The molecule has 1 aliphatic heterocycles. The maximum absolute atomic E-state index is 13.1. The molecule has 0 saturated carbocycles. The van der Waals surface area contributed by atoms with Crippen LogP contribution in [0.4, 0.5) is 4.39 Å². The van der Waals surface area contributed by atoms with E-state index in [0.29, 0.717) is 22.8 Å². The fourth-order valence-corrected chi connectivity index (χ4v) is 4.44. The molecule has 0 radical (unpaired) electrons. The van der Waals surface area contributed by atoms with E-state index in [0.717, 1.165) is 15.6 Å². The molecule has 1 heterocycles. The number of nitrogens with zero attached hydrogens (tertiary/aromatic N) is 1. The molecule has 0 bridgehead atoms. The minimum absolute atomic E-state index is 0.0290. The highest BCUT2D eigenvalue weighted by atomic mass is 79.9. The lowest BCUT2D eigenvalue weighted by Gasteiger charge is -2.26. The number of carbonyl (C=O) groups is 1. The number of hydrogen-bond donors (Lipinski definition) is 1. The largest absolute Gasteiger partial charge is 0.489 e. The zero-order valence-electron chi connectivity index (χ0n) is 21.0. The topological polar surface area (TPSA) is 104 Å². The van der Waals surface area contributed by atoms with Crippen LogP contribution < -0.4 is 24.7 Å². The van der Waals surface area contributed by atoms with Gasteiger partial charge >= 0.3 is 5.97 Å². The molecule has 4 aromatic carbocycles. The number of rotatable bonds is 8. The maximum Gasteiger partial charge on any atom is 0.349 e. The van der Waals surface area contributed by atoms with Gasteiger partial charge in [0.05, 0.1) is 5.92 Å². The Morgan fingerprint density at radius 1 is 0.925 bits per heavy atom. The Bertz CT molecular complexity index is 1600. The summed E-state index contributed by atoms with van der Waals surface area (Å²) in [6.45, 7) is 0.00406. The number of benzene rings is 4. The number of hydrogen-bond acceptors (Lipinski definition) is 7. The Morgan fingerprint density at radius 2 is 1.57 bits per heavy atom. The van der Waals surface area contributed by atoms with Crippen LogP contribution in [0.5, 0.6) is 23.0 Å². The van der Waals surface area contributed by atoms with Crippen LogP contribution in [0.15, 0.2) is 107 Å². The van der Waals surface area contributed by atoms with Crippen molar-refractivity contribution in [3.63, 3.8) is 0 Å². The van der Waals surface area contributed by atoms with Crippen LogP contribution in [0.2, 0.25) is 0 Å². The lowest BCUT2D eigenvalue weighted by molar-refractivity contribution is -0.136. The number of allylic oxidation sites excluding steroid dienone is 1. The predicted octanol–water partition coefficient (Wildman–Crippen LogP) is 6.37. The second-order valence-corrected chi connectivity index (χ2v) is 9.74. The maximum atomic E-state index is 13.1. The summed E-state index contributed by atoms with van der Waals surface area (Å²) in [5, 5.41) is 9.84. The molecule has 1 unspecified atom stereocenters. The normalized spacial score (nSPS) is 14.0. The molecule has 0 spiro atoms. The van der Waals surface area contributed by atoms with Gasteiger partial charge in [-0.1, -0.05) is 46.3 Å². The molecule has 0 saturated heterocycles. The van der Waals surface area contributed by atoms with Gasteiger partial charge in [0.1, 0.15) is 47.1 Å². The van der Waals surface area contributed by atoms with Crippen molar-refractivity contribution in [2.75, 3.05) is 6.61 Å². The number of fused-ring (bicyclic) bond motifs is 1. The molecule has 5 rings (SSSR count). The molecule has 4 aromatic rings. The molecule has 200 valence electrons. The van der Waals surface area contributed by atoms with E-state index in [1.807, 2.05) is 12.1 Å². The summed E-state index contributed by atoms with van der Waals surface area (Å²) in [4.78, 5) is 12.4. The number of carbonyl (C=O) groups excluding carboxylic acids is 1. The molecule has 9 heteroatoms. The SMILES string of the molecule is N#CC1=C(N)Oc2cc(OC(=O)COc3ccc(Br)cc3)ccc2C1c1ccc(OCc2ccc(F)cc2)cc1. The first-order valence-corrected chi connectivity index (χ1v) is 13.0. The van der Waals surface area contributed by atoms with Gasteiger partial charge in [0.15, 0.2) is 6.61 Å². The van der Waals surface area contributed by atoms with Gasteiger partial charge in [-0.05, 0) is 65.7 Å². The van der Waals surface area contributed by atoms with E-state index < -0.39 is 11.9 Å². The summed E-state index contributed by atoms with van der Waals surface area (Å²) < 4.78 is 36.5. The van der Waals surface area contributed by atoms with Gasteiger partial charge in [0, 0.05) is 16.1 Å². The van der Waals surface area contributed by atoms with Crippen LogP contribution in [0.3, 0.4) is 0 Å². The summed E-state index contributed by atoms with van der Waals surface area (Å²) in [7, 11) is 0. The van der Waals surface area contributed by atoms with Crippen molar-refractivity contribution >= 4 is 21.9 Å². The highest BCUT2D eigenvalue weighted by Gasteiger charge is 2.31. The number of ether oxygens (including phenoxy) is 4. The van der Waals surface area contributed by atoms with Gasteiger partial charge in [-0.25, -0.2) is 9.18 Å². The van der Waals surface area contributed by atoms with E-state index >= 15 is 0 Å². The van der Waals surface area contributed by atoms with Crippen LogP contribution in [0.25, 0.3) is 0 Å². The van der Waals surface area contributed by atoms with Crippen LogP contribution in [-0.2, 0) is 11.4 Å². The molecule has 0 fully saturated rings. The van der Waals surface area contributed by atoms with Crippen molar-refractivity contribution in [1.82, 2.24) is 0 Å². The van der Waals surface area contributed by atoms with Gasteiger partial charge in [-0.3, -0.25) is 0 Å². The van der Waals surface area contributed by atoms with Crippen LogP contribution in [-0.4, -0.2) is 12.6 Å². The first-order chi connectivity index (χ1) is 19.4. The van der Waals surface area contributed by atoms with E-state index in [1.54, 1.807) is 66.7 Å². The lowest BCUT2D eigenvalue weighted by Crippen LogP contribution is -2.21. The van der Waals surface area contributed by atoms with Crippen molar-refractivity contribution in [3.05, 3.63) is 129 Å².